The maximum Gasteiger partial charge on any atom is 0.234 e. The van der Waals surface area contributed by atoms with E-state index in [9.17, 15) is 4.79 Å². The summed E-state index contributed by atoms with van der Waals surface area (Å²) < 4.78 is 0. The Labute approximate surface area is 108 Å². The SMILES string of the molecule is CC(C)(C)NC(=O)CNCC1(CC(N)=NO)CC1. The van der Waals surface area contributed by atoms with Crippen LogP contribution in [0, 0.1) is 5.41 Å². The number of nitrogens with one attached hydrogen (secondary N) is 2. The van der Waals surface area contributed by atoms with Crippen LogP contribution in [0.15, 0.2) is 5.16 Å². The molecule has 1 saturated carbocycles. The molecule has 0 aromatic carbocycles. The molecular formula is C12H24N4O2. The number of hydrogen-bond donors (Lipinski definition) is 4. The number of rotatable bonds is 6. The normalized spacial score (nSPS) is 18.5. The molecular weight excluding hydrogens is 232 g/mol. The molecule has 0 atom stereocenters. The third kappa shape index (κ3) is 5.35. The zero-order valence-electron chi connectivity index (χ0n) is 11.4. The molecule has 1 aliphatic rings. The molecule has 1 amide bonds. The van der Waals surface area contributed by atoms with Gasteiger partial charge in [-0.1, -0.05) is 5.16 Å². The summed E-state index contributed by atoms with van der Waals surface area (Å²) in [6.45, 7) is 6.87. The first-order valence-electron chi connectivity index (χ1n) is 6.24. The Morgan fingerprint density at radius 2 is 2.06 bits per heavy atom. The summed E-state index contributed by atoms with van der Waals surface area (Å²) >= 11 is 0. The summed E-state index contributed by atoms with van der Waals surface area (Å²) in [6, 6.07) is 0. The first kappa shape index (κ1) is 14.8. The summed E-state index contributed by atoms with van der Waals surface area (Å²) in [6.07, 6.45) is 2.69. The predicted octanol–water partition coefficient (Wildman–Crippen LogP) is 0.407. The van der Waals surface area contributed by atoms with E-state index >= 15 is 0 Å². The van der Waals surface area contributed by atoms with Gasteiger partial charge in [-0.05, 0) is 39.0 Å². The Balaban J connectivity index is 2.24. The molecule has 6 nitrogen and oxygen atoms in total. The summed E-state index contributed by atoms with van der Waals surface area (Å²) in [7, 11) is 0. The van der Waals surface area contributed by atoms with Gasteiger partial charge < -0.3 is 21.6 Å². The molecule has 1 fully saturated rings. The van der Waals surface area contributed by atoms with Gasteiger partial charge >= 0.3 is 0 Å². The molecule has 1 rings (SSSR count). The number of amides is 1. The van der Waals surface area contributed by atoms with E-state index in [1.54, 1.807) is 0 Å². The molecule has 0 aromatic heterocycles. The number of carbonyl (C=O) groups excluding carboxylic acids is 1. The predicted molar refractivity (Wildman–Crippen MR) is 70.5 cm³/mol. The Morgan fingerprint density at radius 3 is 2.50 bits per heavy atom. The van der Waals surface area contributed by atoms with Crippen molar-refractivity contribution in [2.75, 3.05) is 13.1 Å². The number of amidine groups is 1. The number of nitrogens with two attached hydrogens (primary N) is 1. The standard InChI is InChI=1S/C12H24N4O2/c1-11(2,3)15-10(17)7-14-8-12(4-5-12)6-9(13)16-18/h14,18H,4-8H2,1-3H3,(H2,13,16)(H,15,17). The van der Waals surface area contributed by atoms with E-state index in [0.717, 1.165) is 19.4 Å². The molecule has 0 heterocycles. The van der Waals surface area contributed by atoms with Crippen molar-refractivity contribution in [3.05, 3.63) is 0 Å². The highest BCUT2D eigenvalue weighted by Crippen LogP contribution is 2.48. The maximum absolute atomic E-state index is 11.6. The Morgan fingerprint density at radius 1 is 1.44 bits per heavy atom. The smallest absolute Gasteiger partial charge is 0.234 e. The van der Waals surface area contributed by atoms with E-state index in [1.165, 1.54) is 0 Å². The quantitative estimate of drug-likeness (QED) is 0.239. The van der Waals surface area contributed by atoms with E-state index in [4.69, 9.17) is 10.9 Å². The summed E-state index contributed by atoms with van der Waals surface area (Å²) in [5.41, 5.74) is 5.38. The number of carbonyl (C=O) groups is 1. The molecule has 18 heavy (non-hydrogen) atoms. The van der Waals surface area contributed by atoms with Crippen molar-refractivity contribution >= 4 is 11.7 Å². The molecule has 0 spiro atoms. The second kappa shape index (κ2) is 5.56. The van der Waals surface area contributed by atoms with E-state index in [2.05, 4.69) is 15.8 Å². The molecule has 0 saturated heterocycles. The van der Waals surface area contributed by atoms with Gasteiger partial charge in [-0.2, -0.15) is 0 Å². The lowest BCUT2D eigenvalue weighted by Gasteiger charge is -2.21. The summed E-state index contributed by atoms with van der Waals surface area (Å²) in [5.74, 6) is 0.246. The largest absolute Gasteiger partial charge is 0.409 e. The molecule has 1 aliphatic carbocycles. The highest BCUT2D eigenvalue weighted by Gasteiger charge is 2.42. The second-order valence-electron chi connectivity index (χ2n) is 6.17. The van der Waals surface area contributed by atoms with Gasteiger partial charge in [0.25, 0.3) is 0 Å². The van der Waals surface area contributed by atoms with Crippen LogP contribution < -0.4 is 16.4 Å². The number of nitrogens with zero attached hydrogens (tertiary/aromatic N) is 1. The minimum Gasteiger partial charge on any atom is -0.409 e. The minimum absolute atomic E-state index is 0.0119. The molecule has 0 aromatic rings. The topological polar surface area (TPSA) is 99.7 Å². The van der Waals surface area contributed by atoms with E-state index < -0.39 is 0 Å². The molecule has 0 radical (unpaired) electrons. The van der Waals surface area contributed by atoms with E-state index in [-0.39, 0.29) is 22.7 Å². The zero-order chi connectivity index (χ0) is 13.8. The van der Waals surface area contributed by atoms with Gasteiger partial charge in [0.1, 0.15) is 5.84 Å². The lowest BCUT2D eigenvalue weighted by atomic mass is 10.0. The van der Waals surface area contributed by atoms with Crippen molar-refractivity contribution in [2.24, 2.45) is 16.3 Å². The van der Waals surface area contributed by atoms with Gasteiger partial charge in [0, 0.05) is 18.5 Å². The van der Waals surface area contributed by atoms with Gasteiger partial charge in [0.05, 0.1) is 6.54 Å². The van der Waals surface area contributed by atoms with Crippen molar-refractivity contribution in [1.82, 2.24) is 10.6 Å². The van der Waals surface area contributed by atoms with Crippen molar-refractivity contribution in [2.45, 2.75) is 45.6 Å². The monoisotopic (exact) mass is 256 g/mol. The average Bonchev–Trinajstić information content (AvgIpc) is 2.95. The highest BCUT2D eigenvalue weighted by atomic mass is 16.4. The van der Waals surface area contributed by atoms with Crippen LogP contribution in [-0.2, 0) is 4.79 Å². The fourth-order valence-electron chi connectivity index (χ4n) is 1.92. The molecule has 0 aliphatic heterocycles. The fraction of sp³-hybridized carbons (Fsp3) is 0.833. The Hall–Kier alpha value is -1.30. The van der Waals surface area contributed by atoms with Crippen LogP contribution in [0.4, 0.5) is 0 Å². The Kier molecular flexibility index (Phi) is 4.56. The zero-order valence-corrected chi connectivity index (χ0v) is 11.4. The molecule has 0 bridgehead atoms. The fourth-order valence-corrected chi connectivity index (χ4v) is 1.92. The third-order valence-corrected chi connectivity index (χ3v) is 2.94. The molecule has 104 valence electrons. The van der Waals surface area contributed by atoms with Gasteiger partial charge in [0.2, 0.25) is 5.91 Å². The molecule has 0 unspecified atom stereocenters. The van der Waals surface area contributed by atoms with Crippen LogP contribution in [-0.4, -0.2) is 35.6 Å². The maximum atomic E-state index is 11.6. The minimum atomic E-state index is -0.204. The lowest BCUT2D eigenvalue weighted by Crippen LogP contribution is -2.45. The summed E-state index contributed by atoms with van der Waals surface area (Å²) in [4.78, 5) is 11.6. The van der Waals surface area contributed by atoms with Gasteiger partial charge in [0.15, 0.2) is 0 Å². The second-order valence-corrected chi connectivity index (χ2v) is 6.17. The first-order valence-corrected chi connectivity index (χ1v) is 6.24. The van der Waals surface area contributed by atoms with Crippen LogP contribution >= 0.6 is 0 Å². The Bertz CT molecular complexity index is 329. The van der Waals surface area contributed by atoms with Crippen LogP contribution in [0.5, 0.6) is 0 Å². The number of oxime groups is 1. The van der Waals surface area contributed by atoms with Crippen LogP contribution in [0.25, 0.3) is 0 Å². The third-order valence-electron chi connectivity index (χ3n) is 2.94. The van der Waals surface area contributed by atoms with Crippen molar-refractivity contribution in [1.29, 1.82) is 0 Å². The first-order chi connectivity index (χ1) is 8.26. The summed E-state index contributed by atoms with van der Waals surface area (Å²) in [5, 5.41) is 17.6. The highest BCUT2D eigenvalue weighted by molar-refractivity contribution is 5.81. The number of hydrogen-bond acceptors (Lipinski definition) is 4. The van der Waals surface area contributed by atoms with Crippen molar-refractivity contribution < 1.29 is 10.0 Å². The van der Waals surface area contributed by atoms with Crippen LogP contribution in [0.1, 0.15) is 40.0 Å². The van der Waals surface area contributed by atoms with Crippen molar-refractivity contribution in [3.63, 3.8) is 0 Å². The van der Waals surface area contributed by atoms with Gasteiger partial charge in [-0.3, -0.25) is 4.79 Å². The van der Waals surface area contributed by atoms with Gasteiger partial charge in [-0.25, -0.2) is 0 Å². The van der Waals surface area contributed by atoms with Crippen molar-refractivity contribution in [3.8, 4) is 0 Å². The lowest BCUT2D eigenvalue weighted by molar-refractivity contribution is -0.121. The van der Waals surface area contributed by atoms with Gasteiger partial charge in [-0.15, -0.1) is 0 Å². The average molecular weight is 256 g/mol. The van der Waals surface area contributed by atoms with E-state index in [0.29, 0.717) is 13.0 Å². The van der Waals surface area contributed by atoms with Crippen LogP contribution in [0.2, 0.25) is 0 Å². The van der Waals surface area contributed by atoms with Crippen LogP contribution in [0.3, 0.4) is 0 Å². The van der Waals surface area contributed by atoms with E-state index in [1.807, 2.05) is 20.8 Å². The molecule has 6 heteroatoms. The molecule has 5 N–H and O–H groups in total.